The molecule has 0 saturated heterocycles. The van der Waals surface area contributed by atoms with Crippen LogP contribution in [-0.2, 0) is 4.74 Å². The molecule has 3 heteroatoms. The number of hydrogen-bond acceptors (Lipinski definition) is 3. The van der Waals surface area contributed by atoms with Gasteiger partial charge in [-0.2, -0.15) is 0 Å². The lowest BCUT2D eigenvalue weighted by atomic mass is 9.70. The number of likely N-dealkylation sites (N-methyl/N-ethyl adjacent to an activating group) is 1. The minimum atomic E-state index is -0.0641. The van der Waals surface area contributed by atoms with Crippen LogP contribution >= 0.6 is 0 Å². The summed E-state index contributed by atoms with van der Waals surface area (Å²) in [6, 6.07) is 0.236. The van der Waals surface area contributed by atoms with E-state index in [2.05, 4.69) is 39.8 Å². The third kappa shape index (κ3) is 4.17. The van der Waals surface area contributed by atoms with Gasteiger partial charge in [-0.3, -0.25) is 0 Å². The smallest absolute Gasteiger partial charge is 0.0623 e. The zero-order valence-corrected chi connectivity index (χ0v) is 13.8. The molecule has 1 aliphatic carbocycles. The summed E-state index contributed by atoms with van der Waals surface area (Å²) in [5.74, 6) is 0.789. The molecule has 0 aromatic carbocycles. The fraction of sp³-hybridized carbons (Fsp3) is 1.00. The highest BCUT2D eigenvalue weighted by molar-refractivity contribution is 5.00. The highest BCUT2D eigenvalue weighted by Gasteiger charge is 2.42. The van der Waals surface area contributed by atoms with E-state index in [0.29, 0.717) is 0 Å². The second-order valence-corrected chi connectivity index (χ2v) is 7.31. The second kappa shape index (κ2) is 6.55. The van der Waals surface area contributed by atoms with Gasteiger partial charge in [-0.15, -0.1) is 0 Å². The first-order valence-electron chi connectivity index (χ1n) is 7.72. The van der Waals surface area contributed by atoms with Crippen molar-refractivity contribution in [2.24, 2.45) is 11.7 Å². The van der Waals surface area contributed by atoms with Gasteiger partial charge in [0, 0.05) is 18.7 Å². The highest BCUT2D eigenvalue weighted by Crippen LogP contribution is 2.39. The van der Waals surface area contributed by atoms with Gasteiger partial charge in [0.15, 0.2) is 0 Å². The van der Waals surface area contributed by atoms with Gasteiger partial charge in [0.2, 0.25) is 0 Å². The summed E-state index contributed by atoms with van der Waals surface area (Å²) in [6.07, 6.45) is 7.18. The molecule has 1 rings (SSSR count). The standard InChI is InChI=1S/C16H34N2O/c1-13-8-7-10-16(12-13,18(4)5)14(17)9-11-15(2,3)19-6/h13-14H,7-12,17H2,1-6H3. The van der Waals surface area contributed by atoms with Gasteiger partial charge in [0.1, 0.15) is 0 Å². The molecular formula is C16H34N2O. The summed E-state index contributed by atoms with van der Waals surface area (Å²) in [5.41, 5.74) is 6.73. The molecule has 2 N–H and O–H groups in total. The van der Waals surface area contributed by atoms with Gasteiger partial charge in [0.25, 0.3) is 0 Å². The molecule has 3 atom stereocenters. The Kier molecular flexibility index (Phi) is 5.84. The van der Waals surface area contributed by atoms with E-state index in [4.69, 9.17) is 10.5 Å². The largest absolute Gasteiger partial charge is 0.379 e. The molecule has 0 bridgehead atoms. The topological polar surface area (TPSA) is 38.5 Å². The molecule has 114 valence electrons. The number of hydrogen-bond donors (Lipinski definition) is 1. The predicted molar refractivity (Wildman–Crippen MR) is 82.3 cm³/mol. The minimum absolute atomic E-state index is 0.0641. The maximum absolute atomic E-state index is 6.61. The number of methoxy groups -OCH3 is 1. The van der Waals surface area contributed by atoms with Gasteiger partial charge < -0.3 is 15.4 Å². The van der Waals surface area contributed by atoms with E-state index in [-0.39, 0.29) is 17.2 Å². The van der Waals surface area contributed by atoms with Crippen LogP contribution in [0.2, 0.25) is 0 Å². The Labute approximate surface area is 119 Å². The highest BCUT2D eigenvalue weighted by atomic mass is 16.5. The summed E-state index contributed by atoms with van der Waals surface area (Å²) < 4.78 is 5.52. The molecule has 3 nitrogen and oxygen atoms in total. The normalized spacial score (nSPS) is 30.6. The van der Waals surface area contributed by atoms with E-state index in [1.807, 2.05) is 0 Å². The van der Waals surface area contributed by atoms with Crippen LogP contribution < -0.4 is 5.73 Å². The number of ether oxygens (including phenoxy) is 1. The lowest BCUT2D eigenvalue weighted by molar-refractivity contribution is -0.000961. The quantitative estimate of drug-likeness (QED) is 0.806. The van der Waals surface area contributed by atoms with Crippen LogP contribution in [0.3, 0.4) is 0 Å². The number of nitrogens with two attached hydrogens (primary N) is 1. The average molecular weight is 270 g/mol. The van der Waals surface area contributed by atoms with Gasteiger partial charge in [-0.1, -0.05) is 19.8 Å². The zero-order valence-electron chi connectivity index (χ0n) is 13.8. The molecule has 0 aliphatic heterocycles. The van der Waals surface area contributed by atoms with Gasteiger partial charge >= 0.3 is 0 Å². The van der Waals surface area contributed by atoms with Crippen LogP contribution in [0.15, 0.2) is 0 Å². The minimum Gasteiger partial charge on any atom is -0.379 e. The summed E-state index contributed by atoms with van der Waals surface area (Å²) >= 11 is 0. The molecule has 0 aromatic rings. The summed E-state index contributed by atoms with van der Waals surface area (Å²) in [6.45, 7) is 6.65. The molecule has 0 heterocycles. The molecular weight excluding hydrogens is 236 g/mol. The average Bonchev–Trinajstić information content (AvgIpc) is 2.35. The first kappa shape index (κ1) is 16.9. The third-order valence-corrected chi connectivity index (χ3v) is 5.20. The molecule has 3 unspecified atom stereocenters. The van der Waals surface area contributed by atoms with Crippen molar-refractivity contribution in [2.45, 2.75) is 76.5 Å². The van der Waals surface area contributed by atoms with Crippen molar-refractivity contribution in [3.63, 3.8) is 0 Å². The predicted octanol–water partition coefficient (Wildman–Crippen LogP) is 3.03. The SMILES string of the molecule is COC(C)(C)CCC(N)C1(N(C)C)CCCC(C)C1. The summed E-state index contributed by atoms with van der Waals surface area (Å²) in [4.78, 5) is 2.38. The van der Waals surface area contributed by atoms with Crippen LogP contribution in [0.1, 0.15) is 59.3 Å². The fourth-order valence-electron chi connectivity index (χ4n) is 3.51. The lowest BCUT2D eigenvalue weighted by Crippen LogP contribution is -2.59. The van der Waals surface area contributed by atoms with Crippen LogP contribution in [0.4, 0.5) is 0 Å². The van der Waals surface area contributed by atoms with Crippen molar-refractivity contribution in [1.82, 2.24) is 4.90 Å². The molecule has 0 radical (unpaired) electrons. The van der Waals surface area contributed by atoms with Crippen molar-refractivity contribution < 1.29 is 4.74 Å². The van der Waals surface area contributed by atoms with Crippen molar-refractivity contribution in [3.8, 4) is 0 Å². The van der Waals surface area contributed by atoms with E-state index in [1.54, 1.807) is 7.11 Å². The van der Waals surface area contributed by atoms with Crippen molar-refractivity contribution in [3.05, 3.63) is 0 Å². The zero-order chi connectivity index (χ0) is 14.7. The van der Waals surface area contributed by atoms with Gasteiger partial charge in [-0.25, -0.2) is 0 Å². The first-order chi connectivity index (χ1) is 8.73. The Balaban J connectivity index is 2.71. The molecule has 0 spiro atoms. The van der Waals surface area contributed by atoms with E-state index in [1.165, 1.54) is 25.7 Å². The lowest BCUT2D eigenvalue weighted by Gasteiger charge is -2.49. The van der Waals surface area contributed by atoms with Crippen LogP contribution in [-0.4, -0.2) is 43.3 Å². The van der Waals surface area contributed by atoms with Crippen LogP contribution in [0.5, 0.6) is 0 Å². The molecule has 1 aliphatic rings. The second-order valence-electron chi connectivity index (χ2n) is 7.31. The Morgan fingerprint density at radius 2 is 2.05 bits per heavy atom. The number of rotatable bonds is 6. The fourth-order valence-corrected chi connectivity index (χ4v) is 3.51. The monoisotopic (exact) mass is 270 g/mol. The van der Waals surface area contributed by atoms with E-state index >= 15 is 0 Å². The summed E-state index contributed by atoms with van der Waals surface area (Å²) in [5, 5.41) is 0. The summed E-state index contributed by atoms with van der Waals surface area (Å²) in [7, 11) is 6.18. The molecule has 0 amide bonds. The molecule has 1 fully saturated rings. The molecule has 19 heavy (non-hydrogen) atoms. The van der Waals surface area contributed by atoms with Crippen LogP contribution in [0, 0.1) is 5.92 Å². The van der Waals surface area contributed by atoms with E-state index in [9.17, 15) is 0 Å². The third-order valence-electron chi connectivity index (χ3n) is 5.20. The Morgan fingerprint density at radius 1 is 1.42 bits per heavy atom. The maximum atomic E-state index is 6.61. The van der Waals surface area contributed by atoms with Crippen LogP contribution in [0.25, 0.3) is 0 Å². The molecule has 1 saturated carbocycles. The van der Waals surface area contributed by atoms with E-state index in [0.717, 1.165) is 18.8 Å². The molecule has 0 aromatic heterocycles. The first-order valence-corrected chi connectivity index (χ1v) is 7.72. The van der Waals surface area contributed by atoms with Crippen molar-refractivity contribution >= 4 is 0 Å². The van der Waals surface area contributed by atoms with Gasteiger partial charge in [0.05, 0.1) is 5.60 Å². The van der Waals surface area contributed by atoms with Gasteiger partial charge in [-0.05, 0) is 59.5 Å². The van der Waals surface area contributed by atoms with Crippen molar-refractivity contribution in [1.29, 1.82) is 0 Å². The number of nitrogens with zero attached hydrogens (tertiary/aromatic N) is 1. The maximum Gasteiger partial charge on any atom is 0.0623 e. The van der Waals surface area contributed by atoms with E-state index < -0.39 is 0 Å². The Morgan fingerprint density at radius 3 is 2.53 bits per heavy atom. The Bertz CT molecular complexity index is 278. The van der Waals surface area contributed by atoms with Crippen molar-refractivity contribution in [2.75, 3.05) is 21.2 Å². The Hall–Kier alpha value is -0.120.